The van der Waals surface area contributed by atoms with E-state index in [1.165, 1.54) is 39.7 Å². The van der Waals surface area contributed by atoms with Crippen molar-refractivity contribution in [2.45, 2.75) is 11.8 Å². The highest BCUT2D eigenvalue weighted by molar-refractivity contribution is 7.85. The predicted octanol–water partition coefficient (Wildman–Crippen LogP) is 1.58. The molecule has 2 aromatic carbocycles. The van der Waals surface area contributed by atoms with Crippen LogP contribution in [-0.4, -0.2) is 51.7 Å². The van der Waals surface area contributed by atoms with Crippen LogP contribution < -0.4 is 25.4 Å². The number of hydroxylamine groups is 1. The maximum Gasteiger partial charge on any atom is 0.294 e. The molecular weight excluding hydrogens is 416 g/mol. The molecule has 11 nitrogen and oxygen atoms in total. The second-order valence-electron chi connectivity index (χ2n) is 5.59. The summed E-state index contributed by atoms with van der Waals surface area (Å²) in [5.74, 6) is 1.27. The second kappa shape index (κ2) is 11.6. The van der Waals surface area contributed by atoms with E-state index in [4.69, 9.17) is 29.7 Å². The summed E-state index contributed by atoms with van der Waals surface area (Å²) in [6, 6.07) is 9.38. The SMILES string of the molecule is COc1cc(/C=N/N=C(\N)NO)cc(OC)c1OC.Cc1ccc(S(=O)(=O)O)cc1. The maximum atomic E-state index is 10.5. The van der Waals surface area contributed by atoms with E-state index in [0.717, 1.165) is 5.56 Å². The van der Waals surface area contributed by atoms with Crippen molar-refractivity contribution in [3.8, 4) is 17.2 Å². The summed E-state index contributed by atoms with van der Waals surface area (Å²) in [6.07, 6.45) is 1.43. The molecule has 0 amide bonds. The Morgan fingerprint density at radius 2 is 1.60 bits per heavy atom. The molecule has 0 aliphatic heterocycles. The highest BCUT2D eigenvalue weighted by Crippen LogP contribution is 2.37. The van der Waals surface area contributed by atoms with E-state index in [2.05, 4.69) is 10.2 Å². The molecule has 0 spiro atoms. The Bertz CT molecular complexity index is 965. The first-order chi connectivity index (χ1) is 14.2. The Kier molecular flexibility index (Phi) is 9.55. The van der Waals surface area contributed by atoms with E-state index < -0.39 is 10.1 Å². The molecule has 0 heterocycles. The summed E-state index contributed by atoms with van der Waals surface area (Å²) < 4.78 is 45.1. The number of aryl methyl sites for hydroxylation is 1. The molecule has 2 rings (SSSR count). The molecule has 0 aliphatic rings. The smallest absolute Gasteiger partial charge is 0.294 e. The van der Waals surface area contributed by atoms with Gasteiger partial charge < -0.3 is 19.9 Å². The fourth-order valence-electron chi connectivity index (χ4n) is 2.07. The summed E-state index contributed by atoms with van der Waals surface area (Å²) in [7, 11) is 0.536. The zero-order chi connectivity index (χ0) is 22.7. The number of methoxy groups -OCH3 is 3. The lowest BCUT2D eigenvalue weighted by atomic mass is 10.2. The van der Waals surface area contributed by atoms with Crippen molar-refractivity contribution < 1.29 is 32.4 Å². The molecular formula is C18H24N4O7S. The van der Waals surface area contributed by atoms with Crippen LogP contribution in [0.15, 0.2) is 51.5 Å². The Morgan fingerprint density at radius 1 is 1.07 bits per heavy atom. The number of rotatable bonds is 6. The lowest BCUT2D eigenvalue weighted by Gasteiger charge is -2.12. The van der Waals surface area contributed by atoms with Gasteiger partial charge in [0, 0.05) is 5.56 Å². The van der Waals surface area contributed by atoms with Crippen LogP contribution >= 0.6 is 0 Å². The fraction of sp³-hybridized carbons (Fsp3) is 0.222. The third kappa shape index (κ3) is 7.58. The zero-order valence-electron chi connectivity index (χ0n) is 16.9. The van der Waals surface area contributed by atoms with Crippen molar-refractivity contribution in [3.05, 3.63) is 47.5 Å². The van der Waals surface area contributed by atoms with E-state index in [1.807, 2.05) is 6.92 Å². The third-order valence-corrected chi connectivity index (χ3v) is 4.36. The van der Waals surface area contributed by atoms with Crippen LogP contribution in [0.1, 0.15) is 11.1 Å². The van der Waals surface area contributed by atoms with Crippen molar-refractivity contribution in [2.75, 3.05) is 21.3 Å². The first kappa shape index (κ1) is 24.7. The Labute approximate surface area is 174 Å². The van der Waals surface area contributed by atoms with Crippen LogP contribution in [-0.2, 0) is 10.1 Å². The van der Waals surface area contributed by atoms with Gasteiger partial charge in [-0.3, -0.25) is 9.76 Å². The number of nitrogens with one attached hydrogen (secondary N) is 1. The molecule has 0 fully saturated rings. The summed E-state index contributed by atoms with van der Waals surface area (Å²) in [5.41, 5.74) is 8.49. The van der Waals surface area contributed by atoms with E-state index in [-0.39, 0.29) is 10.9 Å². The first-order valence-electron chi connectivity index (χ1n) is 8.27. The average Bonchev–Trinajstić information content (AvgIpc) is 2.72. The van der Waals surface area contributed by atoms with Gasteiger partial charge in [0.1, 0.15) is 0 Å². The molecule has 0 bridgehead atoms. The topological polar surface area (TPSA) is 165 Å². The molecule has 0 saturated heterocycles. The number of guanidine groups is 1. The summed E-state index contributed by atoms with van der Waals surface area (Å²) in [4.78, 5) is -0.0666. The number of hydrogen-bond donors (Lipinski definition) is 4. The van der Waals surface area contributed by atoms with Crippen molar-refractivity contribution in [1.82, 2.24) is 5.48 Å². The molecule has 30 heavy (non-hydrogen) atoms. The molecule has 2 aromatic rings. The normalized spacial score (nSPS) is 11.5. The van der Waals surface area contributed by atoms with Crippen LogP contribution in [0.2, 0.25) is 0 Å². The van der Waals surface area contributed by atoms with Gasteiger partial charge in [-0.25, -0.2) is 5.48 Å². The summed E-state index contributed by atoms with van der Waals surface area (Å²) in [5, 5.41) is 15.6. The molecule has 164 valence electrons. The zero-order valence-corrected chi connectivity index (χ0v) is 17.7. The van der Waals surface area contributed by atoms with Gasteiger partial charge in [-0.2, -0.15) is 13.5 Å². The minimum Gasteiger partial charge on any atom is -0.493 e. The second-order valence-corrected chi connectivity index (χ2v) is 7.01. The Morgan fingerprint density at radius 3 is 2.00 bits per heavy atom. The lowest BCUT2D eigenvalue weighted by Crippen LogP contribution is -2.27. The highest BCUT2D eigenvalue weighted by atomic mass is 32.2. The number of nitrogens with zero attached hydrogens (tertiary/aromatic N) is 2. The molecule has 5 N–H and O–H groups in total. The van der Waals surface area contributed by atoms with Crippen LogP contribution in [0.25, 0.3) is 0 Å². The molecule has 0 unspecified atom stereocenters. The quantitative estimate of drug-likeness (QED) is 0.226. The van der Waals surface area contributed by atoms with E-state index in [1.54, 1.807) is 29.7 Å². The number of nitrogens with two attached hydrogens (primary N) is 1. The monoisotopic (exact) mass is 440 g/mol. The van der Waals surface area contributed by atoms with E-state index in [0.29, 0.717) is 22.8 Å². The van der Waals surface area contributed by atoms with Crippen LogP contribution in [0.5, 0.6) is 17.2 Å². The number of hydrogen-bond acceptors (Lipinski definition) is 8. The molecule has 0 atom stereocenters. The Hall–Kier alpha value is -3.35. The van der Waals surface area contributed by atoms with Crippen LogP contribution in [0, 0.1) is 6.92 Å². The number of benzene rings is 2. The molecule has 0 aliphatic carbocycles. The Balaban J connectivity index is 0.000000346. The standard InChI is InChI=1S/C11H16N4O4.C7H8O3S/c1-17-8-4-7(6-13-14-11(12)15-16)5-9(18-2)10(8)19-3;1-6-2-4-7(5-3-6)11(8,9)10/h4-6,16H,1-3H3,(H3,12,14,15);2-5H,1H3,(H,8,9,10)/b13-6+;. The van der Waals surface area contributed by atoms with E-state index in [9.17, 15) is 8.42 Å². The van der Waals surface area contributed by atoms with Crippen LogP contribution in [0.4, 0.5) is 0 Å². The molecule has 0 radical (unpaired) electrons. The maximum absolute atomic E-state index is 10.5. The minimum atomic E-state index is -4.02. The van der Waals surface area contributed by atoms with Crippen molar-refractivity contribution in [1.29, 1.82) is 0 Å². The largest absolute Gasteiger partial charge is 0.493 e. The highest BCUT2D eigenvalue weighted by Gasteiger charge is 2.12. The van der Waals surface area contributed by atoms with Gasteiger partial charge in [-0.15, -0.1) is 5.10 Å². The van der Waals surface area contributed by atoms with Gasteiger partial charge in [0.2, 0.25) is 11.7 Å². The van der Waals surface area contributed by atoms with Gasteiger partial charge in [-0.05, 0) is 31.2 Å². The molecule has 12 heteroatoms. The summed E-state index contributed by atoms with van der Waals surface area (Å²) >= 11 is 0. The molecule has 0 saturated carbocycles. The fourth-order valence-corrected chi connectivity index (χ4v) is 2.55. The summed E-state index contributed by atoms with van der Waals surface area (Å²) in [6.45, 7) is 1.84. The van der Waals surface area contributed by atoms with Gasteiger partial charge in [-0.1, -0.05) is 17.7 Å². The average molecular weight is 440 g/mol. The lowest BCUT2D eigenvalue weighted by molar-refractivity contribution is 0.232. The van der Waals surface area contributed by atoms with Gasteiger partial charge in [0.05, 0.1) is 32.4 Å². The predicted molar refractivity (Wildman–Crippen MR) is 111 cm³/mol. The van der Waals surface area contributed by atoms with Gasteiger partial charge in [0.25, 0.3) is 10.1 Å². The van der Waals surface area contributed by atoms with Gasteiger partial charge >= 0.3 is 0 Å². The van der Waals surface area contributed by atoms with Gasteiger partial charge in [0.15, 0.2) is 11.5 Å². The molecule has 0 aromatic heterocycles. The minimum absolute atomic E-state index is 0.0666. The van der Waals surface area contributed by atoms with Crippen molar-refractivity contribution >= 4 is 22.3 Å². The van der Waals surface area contributed by atoms with Crippen molar-refractivity contribution in [2.24, 2.45) is 15.9 Å². The first-order valence-corrected chi connectivity index (χ1v) is 9.71. The third-order valence-electron chi connectivity index (χ3n) is 3.49. The van der Waals surface area contributed by atoms with Crippen molar-refractivity contribution in [3.63, 3.8) is 0 Å². The van der Waals surface area contributed by atoms with E-state index >= 15 is 0 Å². The number of ether oxygens (including phenoxy) is 3. The van der Waals surface area contributed by atoms with Crippen LogP contribution in [0.3, 0.4) is 0 Å².